The molecule has 0 unspecified atom stereocenters. The zero-order chi connectivity index (χ0) is 15.1. The Bertz CT molecular complexity index is 621. The van der Waals surface area contributed by atoms with E-state index in [0.29, 0.717) is 10.8 Å². The Kier molecular flexibility index (Phi) is 5.23. The predicted octanol–water partition coefficient (Wildman–Crippen LogP) is 3.21. The molecule has 0 saturated heterocycles. The summed E-state index contributed by atoms with van der Waals surface area (Å²) in [6.45, 7) is -0.101. The molecule has 5 heteroatoms. The maximum atomic E-state index is 11.6. The van der Waals surface area contributed by atoms with E-state index < -0.39 is 0 Å². The standard InChI is InChI=1S/C16H14ClNO3/c17-13-3-1-12(2-4-13)9-10-18-16(20)11-21-15-7-5-14(19)6-8-15/h1-10,19H,11H2,(H,18,20)/b10-9+. The molecule has 21 heavy (non-hydrogen) atoms. The lowest BCUT2D eigenvalue weighted by molar-refractivity contribution is -0.122. The first-order valence-corrected chi connectivity index (χ1v) is 6.64. The molecule has 0 aliphatic carbocycles. The van der Waals surface area contributed by atoms with E-state index in [1.807, 2.05) is 12.1 Å². The Morgan fingerprint density at radius 2 is 1.81 bits per heavy atom. The van der Waals surface area contributed by atoms with Gasteiger partial charge in [-0.15, -0.1) is 0 Å². The largest absolute Gasteiger partial charge is 0.508 e. The molecule has 2 aromatic rings. The Morgan fingerprint density at radius 1 is 1.14 bits per heavy atom. The molecule has 1 amide bonds. The third-order valence-corrected chi connectivity index (χ3v) is 2.85. The molecule has 0 aliphatic heterocycles. The topological polar surface area (TPSA) is 58.6 Å². The Labute approximate surface area is 127 Å². The number of amides is 1. The number of carbonyl (C=O) groups excluding carboxylic acids is 1. The average molecular weight is 304 g/mol. The zero-order valence-electron chi connectivity index (χ0n) is 11.1. The lowest BCUT2D eigenvalue weighted by Crippen LogP contribution is -2.24. The van der Waals surface area contributed by atoms with Gasteiger partial charge >= 0.3 is 0 Å². The third-order valence-electron chi connectivity index (χ3n) is 2.60. The summed E-state index contributed by atoms with van der Waals surface area (Å²) >= 11 is 5.78. The van der Waals surface area contributed by atoms with E-state index in [1.54, 1.807) is 36.5 Å². The van der Waals surface area contributed by atoms with Crippen molar-refractivity contribution in [1.82, 2.24) is 5.32 Å². The molecular formula is C16H14ClNO3. The lowest BCUT2D eigenvalue weighted by atomic mass is 10.2. The summed E-state index contributed by atoms with van der Waals surface area (Å²) in [6, 6.07) is 13.4. The number of ether oxygens (including phenoxy) is 1. The summed E-state index contributed by atoms with van der Waals surface area (Å²) in [5, 5.41) is 12.4. The van der Waals surface area contributed by atoms with Crippen LogP contribution in [0.1, 0.15) is 5.56 Å². The van der Waals surface area contributed by atoms with E-state index in [-0.39, 0.29) is 18.3 Å². The van der Waals surface area contributed by atoms with Crippen molar-refractivity contribution in [1.29, 1.82) is 0 Å². The second-order valence-electron chi connectivity index (χ2n) is 4.23. The van der Waals surface area contributed by atoms with Gasteiger partial charge in [0.05, 0.1) is 0 Å². The molecule has 4 nitrogen and oxygen atoms in total. The number of phenolic OH excluding ortho intramolecular Hbond substituents is 1. The molecular weight excluding hydrogens is 290 g/mol. The minimum atomic E-state index is -0.270. The van der Waals surface area contributed by atoms with Crippen molar-refractivity contribution in [3.05, 3.63) is 65.3 Å². The van der Waals surface area contributed by atoms with Crippen molar-refractivity contribution in [3.8, 4) is 11.5 Å². The first kappa shape index (κ1) is 14.9. The van der Waals surface area contributed by atoms with Crippen LogP contribution in [0.4, 0.5) is 0 Å². The van der Waals surface area contributed by atoms with Crippen molar-refractivity contribution in [2.45, 2.75) is 0 Å². The zero-order valence-corrected chi connectivity index (χ0v) is 11.9. The predicted molar refractivity (Wildman–Crippen MR) is 82.2 cm³/mol. The number of hydrogen-bond donors (Lipinski definition) is 2. The molecule has 0 aromatic heterocycles. The minimum Gasteiger partial charge on any atom is -0.508 e. The Balaban J connectivity index is 1.77. The van der Waals surface area contributed by atoms with Gasteiger partial charge in [0.15, 0.2) is 6.61 Å². The number of benzene rings is 2. The fraction of sp³-hybridized carbons (Fsp3) is 0.0625. The van der Waals surface area contributed by atoms with E-state index in [0.717, 1.165) is 5.56 Å². The third kappa shape index (κ3) is 5.20. The van der Waals surface area contributed by atoms with Crippen LogP contribution < -0.4 is 10.1 Å². The van der Waals surface area contributed by atoms with Gasteiger partial charge in [-0.2, -0.15) is 0 Å². The monoisotopic (exact) mass is 303 g/mol. The molecule has 0 heterocycles. The molecule has 0 spiro atoms. The van der Waals surface area contributed by atoms with Crippen LogP contribution in [0.2, 0.25) is 5.02 Å². The van der Waals surface area contributed by atoms with Gasteiger partial charge < -0.3 is 15.2 Å². The van der Waals surface area contributed by atoms with Crippen molar-refractivity contribution < 1.29 is 14.6 Å². The van der Waals surface area contributed by atoms with E-state index >= 15 is 0 Å². The SMILES string of the molecule is O=C(COc1ccc(O)cc1)N/C=C/c1ccc(Cl)cc1. The van der Waals surface area contributed by atoms with E-state index in [1.165, 1.54) is 12.1 Å². The molecule has 0 bridgehead atoms. The molecule has 0 radical (unpaired) electrons. The molecule has 0 aliphatic rings. The lowest BCUT2D eigenvalue weighted by Gasteiger charge is -2.05. The number of aromatic hydroxyl groups is 1. The van der Waals surface area contributed by atoms with Gasteiger partial charge in [0.2, 0.25) is 0 Å². The highest BCUT2D eigenvalue weighted by atomic mass is 35.5. The summed E-state index contributed by atoms with van der Waals surface area (Å²) in [7, 11) is 0. The van der Waals surface area contributed by atoms with Crippen LogP contribution in [0.25, 0.3) is 6.08 Å². The number of halogens is 1. The van der Waals surface area contributed by atoms with Crippen LogP contribution in [0.15, 0.2) is 54.7 Å². The second kappa shape index (κ2) is 7.36. The quantitative estimate of drug-likeness (QED) is 0.891. The summed E-state index contributed by atoms with van der Waals surface area (Å²) in [5.74, 6) is 0.399. The van der Waals surface area contributed by atoms with Crippen molar-refractivity contribution in [2.24, 2.45) is 0 Å². The van der Waals surface area contributed by atoms with Gasteiger partial charge in [0.1, 0.15) is 11.5 Å². The van der Waals surface area contributed by atoms with Crippen LogP contribution in [0, 0.1) is 0 Å². The number of rotatable bonds is 5. The van der Waals surface area contributed by atoms with Crippen molar-refractivity contribution >= 4 is 23.6 Å². The first-order valence-electron chi connectivity index (χ1n) is 6.27. The fourth-order valence-corrected chi connectivity index (χ4v) is 1.66. The maximum Gasteiger partial charge on any atom is 0.261 e. The van der Waals surface area contributed by atoms with Crippen LogP contribution >= 0.6 is 11.6 Å². The Hall–Kier alpha value is -2.46. The number of hydrogen-bond acceptors (Lipinski definition) is 3. The van der Waals surface area contributed by atoms with Crippen LogP contribution in [-0.4, -0.2) is 17.6 Å². The van der Waals surface area contributed by atoms with Crippen LogP contribution in [0.5, 0.6) is 11.5 Å². The highest BCUT2D eigenvalue weighted by molar-refractivity contribution is 6.30. The van der Waals surface area contributed by atoms with Crippen LogP contribution in [-0.2, 0) is 4.79 Å². The summed E-state index contributed by atoms with van der Waals surface area (Å²) in [6.07, 6.45) is 3.31. The van der Waals surface area contributed by atoms with Gasteiger partial charge in [-0.3, -0.25) is 4.79 Å². The molecule has 108 valence electrons. The van der Waals surface area contributed by atoms with E-state index in [9.17, 15) is 4.79 Å². The molecule has 0 atom stereocenters. The van der Waals surface area contributed by atoms with Gasteiger partial charge in [0.25, 0.3) is 5.91 Å². The average Bonchev–Trinajstić information content (AvgIpc) is 2.49. The van der Waals surface area contributed by atoms with Gasteiger partial charge in [-0.25, -0.2) is 0 Å². The highest BCUT2D eigenvalue weighted by Gasteiger charge is 2.00. The number of phenols is 1. The number of carbonyl (C=O) groups is 1. The summed E-state index contributed by atoms with van der Waals surface area (Å²) in [5.41, 5.74) is 0.930. The van der Waals surface area contributed by atoms with Gasteiger partial charge in [-0.05, 0) is 48.0 Å². The summed E-state index contributed by atoms with van der Waals surface area (Å²) in [4.78, 5) is 11.6. The number of nitrogens with one attached hydrogen (secondary N) is 1. The van der Waals surface area contributed by atoms with Crippen molar-refractivity contribution in [3.63, 3.8) is 0 Å². The molecule has 2 N–H and O–H groups in total. The fourth-order valence-electron chi connectivity index (χ4n) is 1.54. The van der Waals surface area contributed by atoms with Crippen molar-refractivity contribution in [2.75, 3.05) is 6.61 Å². The molecule has 0 fully saturated rings. The molecule has 0 saturated carbocycles. The van der Waals surface area contributed by atoms with E-state index in [2.05, 4.69) is 5.32 Å². The van der Waals surface area contributed by atoms with Crippen LogP contribution in [0.3, 0.4) is 0 Å². The van der Waals surface area contributed by atoms with E-state index in [4.69, 9.17) is 21.4 Å². The normalized spacial score (nSPS) is 10.5. The summed E-state index contributed by atoms with van der Waals surface area (Å²) < 4.78 is 5.27. The maximum absolute atomic E-state index is 11.6. The van der Waals surface area contributed by atoms with Gasteiger partial charge in [0, 0.05) is 11.2 Å². The molecule has 2 rings (SSSR count). The Morgan fingerprint density at radius 3 is 2.48 bits per heavy atom. The minimum absolute atomic E-state index is 0.101. The molecule has 2 aromatic carbocycles. The highest BCUT2D eigenvalue weighted by Crippen LogP contribution is 2.15. The smallest absolute Gasteiger partial charge is 0.261 e. The van der Waals surface area contributed by atoms with Gasteiger partial charge in [-0.1, -0.05) is 23.7 Å². The first-order chi connectivity index (χ1) is 10.1. The second-order valence-corrected chi connectivity index (χ2v) is 4.67.